The molecule has 1 saturated carbocycles. The van der Waals surface area contributed by atoms with Crippen molar-refractivity contribution >= 4 is 17.2 Å². The predicted octanol–water partition coefficient (Wildman–Crippen LogP) is 2.34. The van der Waals surface area contributed by atoms with Gasteiger partial charge in [0.1, 0.15) is 0 Å². The quantitative estimate of drug-likeness (QED) is 0.899. The molecular formula is C15H20N2OS. The molecule has 1 aromatic heterocycles. The number of hydrogen-bond donors (Lipinski definition) is 1. The Morgan fingerprint density at radius 3 is 3.00 bits per heavy atom. The van der Waals surface area contributed by atoms with Gasteiger partial charge in [-0.3, -0.25) is 4.79 Å². The first-order valence-electron chi connectivity index (χ1n) is 7.45. The minimum absolute atomic E-state index is 0.0847. The van der Waals surface area contributed by atoms with Crippen molar-refractivity contribution < 1.29 is 4.79 Å². The van der Waals surface area contributed by atoms with E-state index in [9.17, 15) is 4.79 Å². The molecule has 3 nitrogen and oxygen atoms in total. The molecule has 2 fully saturated rings. The third-order valence-corrected chi connectivity index (χ3v) is 5.72. The van der Waals surface area contributed by atoms with Crippen molar-refractivity contribution in [3.63, 3.8) is 0 Å². The first-order chi connectivity index (χ1) is 9.34. The molecule has 1 aliphatic carbocycles. The molecule has 102 valence electrons. The fraction of sp³-hybridized carbons (Fsp3) is 0.667. The largest absolute Gasteiger partial charge is 0.334 e. The Morgan fingerprint density at radius 2 is 2.26 bits per heavy atom. The van der Waals surface area contributed by atoms with Crippen molar-refractivity contribution in [2.45, 2.75) is 44.2 Å². The predicted molar refractivity (Wildman–Crippen MR) is 76.2 cm³/mol. The number of nitrogens with zero attached hydrogens (tertiary/aromatic N) is 1. The van der Waals surface area contributed by atoms with E-state index < -0.39 is 0 Å². The molecule has 0 aromatic carbocycles. The molecule has 0 bridgehead atoms. The van der Waals surface area contributed by atoms with Gasteiger partial charge >= 0.3 is 0 Å². The monoisotopic (exact) mass is 276 g/mol. The lowest BCUT2D eigenvalue weighted by Crippen LogP contribution is -2.48. The maximum atomic E-state index is 12.7. The van der Waals surface area contributed by atoms with E-state index in [4.69, 9.17) is 0 Å². The highest BCUT2D eigenvalue weighted by Crippen LogP contribution is 2.48. The zero-order valence-electron chi connectivity index (χ0n) is 11.1. The molecule has 2 aliphatic heterocycles. The summed E-state index contributed by atoms with van der Waals surface area (Å²) >= 11 is 1.87. The van der Waals surface area contributed by atoms with Crippen molar-refractivity contribution in [2.24, 2.45) is 5.92 Å². The SMILES string of the molecule is O=C([C@H]1CCCN1)N1CCc2sccc2C1C1CC1. The fourth-order valence-electron chi connectivity index (χ4n) is 3.61. The van der Waals surface area contributed by atoms with Gasteiger partial charge in [-0.05, 0) is 61.6 Å². The highest BCUT2D eigenvalue weighted by Gasteiger charge is 2.43. The van der Waals surface area contributed by atoms with Crippen molar-refractivity contribution in [2.75, 3.05) is 13.1 Å². The molecule has 1 aromatic rings. The third-order valence-electron chi connectivity index (χ3n) is 4.72. The van der Waals surface area contributed by atoms with Crippen molar-refractivity contribution in [3.05, 3.63) is 21.9 Å². The Labute approximate surface area is 118 Å². The Morgan fingerprint density at radius 1 is 1.37 bits per heavy atom. The maximum absolute atomic E-state index is 12.7. The van der Waals surface area contributed by atoms with Crippen LogP contribution in [0.3, 0.4) is 0 Å². The molecule has 1 unspecified atom stereocenters. The van der Waals surface area contributed by atoms with Crippen molar-refractivity contribution in [1.29, 1.82) is 0 Å². The summed E-state index contributed by atoms with van der Waals surface area (Å²) in [4.78, 5) is 16.4. The molecule has 4 heteroatoms. The molecule has 3 aliphatic rings. The second-order valence-electron chi connectivity index (χ2n) is 6.01. The van der Waals surface area contributed by atoms with Gasteiger partial charge in [0, 0.05) is 11.4 Å². The van der Waals surface area contributed by atoms with Gasteiger partial charge in [-0.15, -0.1) is 11.3 Å². The lowest BCUT2D eigenvalue weighted by molar-refractivity contribution is -0.136. The Hall–Kier alpha value is -0.870. The van der Waals surface area contributed by atoms with Crippen LogP contribution in [-0.2, 0) is 11.2 Å². The van der Waals surface area contributed by atoms with Gasteiger partial charge in [0.2, 0.25) is 5.91 Å². The Bertz CT molecular complexity index is 488. The molecule has 1 saturated heterocycles. The first kappa shape index (κ1) is 11.9. The highest BCUT2D eigenvalue weighted by atomic mass is 32.1. The normalized spacial score (nSPS) is 30.4. The van der Waals surface area contributed by atoms with Crippen molar-refractivity contribution in [1.82, 2.24) is 10.2 Å². The average Bonchev–Trinajstić information content (AvgIpc) is 2.95. The summed E-state index contributed by atoms with van der Waals surface area (Å²) in [5.41, 5.74) is 1.45. The molecule has 0 radical (unpaired) electrons. The van der Waals surface area contributed by atoms with E-state index in [1.54, 1.807) is 0 Å². The van der Waals surface area contributed by atoms with Crippen LogP contribution in [0.15, 0.2) is 11.4 Å². The van der Waals surface area contributed by atoms with E-state index in [1.165, 1.54) is 23.3 Å². The highest BCUT2D eigenvalue weighted by molar-refractivity contribution is 7.10. The lowest BCUT2D eigenvalue weighted by atomic mass is 9.95. The molecule has 1 amide bonds. The summed E-state index contributed by atoms with van der Waals surface area (Å²) in [5, 5.41) is 5.56. The van der Waals surface area contributed by atoms with E-state index in [2.05, 4.69) is 21.7 Å². The van der Waals surface area contributed by atoms with Gasteiger partial charge in [0.05, 0.1) is 12.1 Å². The Kier molecular flexibility index (Phi) is 2.88. The van der Waals surface area contributed by atoms with Crippen LogP contribution in [0.4, 0.5) is 0 Å². The number of rotatable bonds is 2. The van der Waals surface area contributed by atoms with E-state index in [0.29, 0.717) is 11.9 Å². The van der Waals surface area contributed by atoms with E-state index in [-0.39, 0.29) is 6.04 Å². The number of fused-ring (bicyclic) bond motifs is 1. The van der Waals surface area contributed by atoms with Crippen LogP contribution < -0.4 is 5.32 Å². The standard InChI is InChI=1S/C15H20N2OS/c18-15(12-2-1-7-16-12)17-8-5-13-11(6-9-19-13)14(17)10-3-4-10/h6,9-10,12,14,16H,1-5,7-8H2/t12-,14?/m1/s1. The third kappa shape index (κ3) is 2.01. The first-order valence-corrected chi connectivity index (χ1v) is 8.32. The summed E-state index contributed by atoms with van der Waals surface area (Å²) < 4.78 is 0. The summed E-state index contributed by atoms with van der Waals surface area (Å²) in [6, 6.07) is 2.72. The van der Waals surface area contributed by atoms with Crippen LogP contribution in [0.5, 0.6) is 0 Å². The zero-order chi connectivity index (χ0) is 12.8. The van der Waals surface area contributed by atoms with E-state index >= 15 is 0 Å². The molecular weight excluding hydrogens is 256 g/mol. The van der Waals surface area contributed by atoms with Crippen LogP contribution in [0.2, 0.25) is 0 Å². The van der Waals surface area contributed by atoms with Gasteiger partial charge in [0.25, 0.3) is 0 Å². The second kappa shape index (κ2) is 4.60. The lowest BCUT2D eigenvalue weighted by Gasteiger charge is -2.37. The molecule has 3 heterocycles. The van der Waals surface area contributed by atoms with Crippen LogP contribution in [0.1, 0.15) is 42.2 Å². The number of carbonyl (C=O) groups excluding carboxylic acids is 1. The maximum Gasteiger partial charge on any atom is 0.240 e. The minimum atomic E-state index is 0.0847. The van der Waals surface area contributed by atoms with Gasteiger partial charge in [-0.1, -0.05) is 0 Å². The van der Waals surface area contributed by atoms with Gasteiger partial charge < -0.3 is 10.2 Å². The van der Waals surface area contributed by atoms with Crippen LogP contribution in [0.25, 0.3) is 0 Å². The molecule has 19 heavy (non-hydrogen) atoms. The van der Waals surface area contributed by atoms with Crippen molar-refractivity contribution in [3.8, 4) is 0 Å². The van der Waals surface area contributed by atoms with E-state index in [1.807, 2.05) is 11.3 Å². The zero-order valence-corrected chi connectivity index (χ0v) is 11.9. The smallest absolute Gasteiger partial charge is 0.240 e. The fourth-order valence-corrected chi connectivity index (χ4v) is 4.52. The number of nitrogens with one attached hydrogen (secondary N) is 1. The average molecular weight is 276 g/mol. The van der Waals surface area contributed by atoms with Crippen LogP contribution in [-0.4, -0.2) is 29.9 Å². The molecule has 2 atom stereocenters. The minimum Gasteiger partial charge on any atom is -0.334 e. The summed E-state index contributed by atoms with van der Waals surface area (Å²) in [6.45, 7) is 1.92. The molecule has 4 rings (SSSR count). The number of carbonyl (C=O) groups is 1. The number of hydrogen-bond acceptors (Lipinski definition) is 3. The number of thiophene rings is 1. The molecule has 0 spiro atoms. The van der Waals surface area contributed by atoms with Crippen LogP contribution in [0, 0.1) is 5.92 Å². The van der Waals surface area contributed by atoms with Gasteiger partial charge in [-0.2, -0.15) is 0 Å². The van der Waals surface area contributed by atoms with Gasteiger partial charge in [0.15, 0.2) is 0 Å². The summed E-state index contributed by atoms with van der Waals surface area (Å²) in [7, 11) is 0. The summed E-state index contributed by atoms with van der Waals surface area (Å²) in [5.74, 6) is 1.07. The molecule has 1 N–H and O–H groups in total. The number of amides is 1. The topological polar surface area (TPSA) is 32.3 Å². The summed E-state index contributed by atoms with van der Waals surface area (Å²) in [6.07, 6.45) is 5.80. The second-order valence-corrected chi connectivity index (χ2v) is 7.01. The Balaban J connectivity index is 1.62. The van der Waals surface area contributed by atoms with E-state index in [0.717, 1.165) is 38.3 Å². The van der Waals surface area contributed by atoms with Crippen LogP contribution >= 0.6 is 11.3 Å². The van der Waals surface area contributed by atoms with Gasteiger partial charge in [-0.25, -0.2) is 0 Å².